The standard InChI is InChI=1S/C22H19ClN4O5/c23-13-2-4-16-15(8-13)21(31)27(22(32)24-16)9-11-1-3-14-12(7-11)10-26(20(14)30)17-5-6-18(28)25-19(17)29/h1-4,7-8,17,20,30H,5-6,9-10H2,(H,24,32)(H,25,28,29). The summed E-state index contributed by atoms with van der Waals surface area (Å²) in [7, 11) is 0. The highest BCUT2D eigenvalue weighted by molar-refractivity contribution is 6.31. The molecule has 1 saturated heterocycles. The maximum Gasteiger partial charge on any atom is 0.329 e. The van der Waals surface area contributed by atoms with Gasteiger partial charge in [-0.05, 0) is 41.3 Å². The van der Waals surface area contributed by atoms with E-state index < -0.39 is 29.4 Å². The highest BCUT2D eigenvalue weighted by Crippen LogP contribution is 2.35. The Hall–Kier alpha value is -3.27. The van der Waals surface area contributed by atoms with Crippen molar-refractivity contribution in [1.82, 2.24) is 19.8 Å². The number of halogens is 1. The molecule has 0 spiro atoms. The Morgan fingerprint density at radius 1 is 1.09 bits per heavy atom. The molecule has 2 aliphatic heterocycles. The zero-order valence-electron chi connectivity index (χ0n) is 16.8. The number of benzene rings is 2. The van der Waals surface area contributed by atoms with Crippen LogP contribution in [0.5, 0.6) is 0 Å². The van der Waals surface area contributed by atoms with Crippen LogP contribution in [0.15, 0.2) is 46.0 Å². The van der Waals surface area contributed by atoms with E-state index in [-0.39, 0.29) is 18.9 Å². The van der Waals surface area contributed by atoms with E-state index in [0.717, 1.165) is 10.1 Å². The number of aliphatic hydroxyl groups excluding tert-OH is 1. The number of nitrogens with one attached hydrogen (secondary N) is 2. The van der Waals surface area contributed by atoms with Crippen LogP contribution < -0.4 is 16.6 Å². The van der Waals surface area contributed by atoms with E-state index in [1.54, 1.807) is 29.2 Å². The van der Waals surface area contributed by atoms with Crippen LogP contribution in [0.25, 0.3) is 10.9 Å². The van der Waals surface area contributed by atoms with Gasteiger partial charge >= 0.3 is 5.69 Å². The van der Waals surface area contributed by atoms with Crippen molar-refractivity contribution >= 4 is 34.3 Å². The minimum absolute atomic E-state index is 0.0401. The molecule has 9 nitrogen and oxygen atoms in total. The van der Waals surface area contributed by atoms with Gasteiger partial charge in [-0.3, -0.25) is 29.2 Å². The van der Waals surface area contributed by atoms with Crippen molar-refractivity contribution in [1.29, 1.82) is 0 Å². The van der Waals surface area contributed by atoms with Crippen LogP contribution in [0.1, 0.15) is 35.8 Å². The Bertz CT molecular complexity index is 1400. The topological polar surface area (TPSA) is 124 Å². The predicted octanol–water partition coefficient (Wildman–Crippen LogP) is 1.00. The van der Waals surface area contributed by atoms with Crippen molar-refractivity contribution in [2.24, 2.45) is 0 Å². The predicted molar refractivity (Wildman–Crippen MR) is 116 cm³/mol. The van der Waals surface area contributed by atoms with Crippen molar-refractivity contribution in [3.8, 4) is 0 Å². The molecule has 3 aromatic rings. The molecule has 2 atom stereocenters. The number of H-pyrrole nitrogens is 1. The first kappa shape index (κ1) is 20.6. The van der Waals surface area contributed by atoms with Crippen molar-refractivity contribution in [2.75, 3.05) is 0 Å². The van der Waals surface area contributed by atoms with Gasteiger partial charge in [0, 0.05) is 18.0 Å². The van der Waals surface area contributed by atoms with Crippen molar-refractivity contribution < 1.29 is 14.7 Å². The van der Waals surface area contributed by atoms with Crippen LogP contribution in [0.4, 0.5) is 0 Å². The van der Waals surface area contributed by atoms with Crippen LogP contribution in [-0.4, -0.2) is 37.4 Å². The van der Waals surface area contributed by atoms with Crippen LogP contribution in [0.3, 0.4) is 0 Å². The molecule has 0 saturated carbocycles. The Morgan fingerprint density at radius 3 is 2.69 bits per heavy atom. The number of nitrogens with zero attached hydrogens (tertiary/aromatic N) is 2. The second kappa shape index (κ2) is 7.70. The lowest BCUT2D eigenvalue weighted by Gasteiger charge is -2.31. The summed E-state index contributed by atoms with van der Waals surface area (Å²) in [5.41, 5.74) is 1.60. The maximum absolute atomic E-state index is 12.9. The molecule has 0 bridgehead atoms. The fraction of sp³-hybridized carbons (Fsp3) is 0.273. The normalized spacial score (nSPS) is 21.1. The van der Waals surface area contributed by atoms with Crippen molar-refractivity contribution in [2.45, 2.75) is 38.2 Å². The van der Waals surface area contributed by atoms with Gasteiger partial charge in [0.05, 0.1) is 23.5 Å². The molecule has 10 heteroatoms. The number of aromatic nitrogens is 2. The van der Waals surface area contributed by atoms with Crippen LogP contribution >= 0.6 is 11.6 Å². The van der Waals surface area contributed by atoms with E-state index in [1.165, 1.54) is 6.07 Å². The fourth-order valence-electron chi connectivity index (χ4n) is 4.44. The van der Waals surface area contributed by atoms with Gasteiger partial charge in [0.2, 0.25) is 11.8 Å². The quantitative estimate of drug-likeness (QED) is 0.507. The summed E-state index contributed by atoms with van der Waals surface area (Å²) in [4.78, 5) is 53.4. The van der Waals surface area contributed by atoms with Gasteiger partial charge in [0.1, 0.15) is 6.23 Å². The van der Waals surface area contributed by atoms with E-state index in [0.29, 0.717) is 40.0 Å². The molecule has 3 heterocycles. The Balaban J connectivity index is 1.45. The van der Waals surface area contributed by atoms with E-state index >= 15 is 0 Å². The SMILES string of the molecule is O=C1CCC(N2Cc3cc(Cn4c(=O)[nH]c5ccc(Cl)cc5c4=O)ccc3C2O)C(=O)N1. The van der Waals surface area contributed by atoms with Crippen LogP contribution in [0, 0.1) is 0 Å². The largest absolute Gasteiger partial charge is 0.374 e. The van der Waals surface area contributed by atoms with Gasteiger partial charge in [-0.25, -0.2) is 4.79 Å². The summed E-state index contributed by atoms with van der Waals surface area (Å²) in [6.07, 6.45) is -0.414. The lowest BCUT2D eigenvalue weighted by molar-refractivity contribution is -0.141. The number of amides is 2. The molecule has 1 aromatic heterocycles. The van der Waals surface area contributed by atoms with Crippen molar-refractivity contribution in [3.05, 3.63) is 78.9 Å². The summed E-state index contributed by atoms with van der Waals surface area (Å²) in [5, 5.41) is 13.8. The molecule has 2 aliphatic rings. The number of aliphatic hydroxyl groups is 1. The molecule has 1 fully saturated rings. The zero-order valence-corrected chi connectivity index (χ0v) is 17.6. The van der Waals surface area contributed by atoms with Gasteiger partial charge in [-0.1, -0.05) is 29.8 Å². The molecule has 32 heavy (non-hydrogen) atoms. The van der Waals surface area contributed by atoms with E-state index in [4.69, 9.17) is 11.6 Å². The number of imide groups is 1. The number of hydrogen-bond donors (Lipinski definition) is 3. The lowest BCUT2D eigenvalue weighted by atomic mass is 10.0. The number of aromatic amines is 1. The monoisotopic (exact) mass is 454 g/mol. The molecule has 164 valence electrons. The summed E-state index contributed by atoms with van der Waals surface area (Å²) in [6, 6.07) is 9.40. The van der Waals surface area contributed by atoms with Crippen molar-refractivity contribution in [3.63, 3.8) is 0 Å². The number of carbonyl (C=O) groups excluding carboxylic acids is 2. The summed E-state index contributed by atoms with van der Waals surface area (Å²) in [6.45, 7) is 0.355. The molecule has 0 radical (unpaired) electrons. The smallest absolute Gasteiger partial charge is 0.329 e. The number of rotatable bonds is 3. The van der Waals surface area contributed by atoms with Crippen LogP contribution in [-0.2, 0) is 22.7 Å². The third kappa shape index (κ3) is 3.44. The van der Waals surface area contributed by atoms with E-state index in [2.05, 4.69) is 10.3 Å². The molecule has 3 N–H and O–H groups in total. The molecule has 2 aromatic carbocycles. The minimum Gasteiger partial charge on any atom is -0.374 e. The second-order valence-electron chi connectivity index (χ2n) is 8.06. The first-order valence-electron chi connectivity index (χ1n) is 10.1. The van der Waals surface area contributed by atoms with Crippen LogP contribution in [0.2, 0.25) is 5.02 Å². The number of hydrogen-bond acceptors (Lipinski definition) is 6. The first-order valence-corrected chi connectivity index (χ1v) is 10.5. The number of carbonyl (C=O) groups is 2. The molecule has 2 amide bonds. The molecular formula is C22H19ClN4O5. The van der Waals surface area contributed by atoms with Gasteiger partial charge in [-0.2, -0.15) is 0 Å². The highest BCUT2D eigenvalue weighted by Gasteiger charge is 2.39. The van der Waals surface area contributed by atoms with E-state index in [1.807, 2.05) is 6.07 Å². The van der Waals surface area contributed by atoms with Gasteiger partial charge in [0.15, 0.2) is 0 Å². The summed E-state index contributed by atoms with van der Waals surface area (Å²) >= 11 is 6.00. The third-order valence-corrected chi connectivity index (χ3v) is 6.28. The average Bonchev–Trinajstić information content (AvgIpc) is 3.07. The number of piperidine rings is 1. The average molecular weight is 455 g/mol. The maximum atomic E-state index is 12.9. The van der Waals surface area contributed by atoms with Gasteiger partial charge in [0.25, 0.3) is 5.56 Å². The van der Waals surface area contributed by atoms with E-state index in [9.17, 15) is 24.3 Å². The Kier molecular flexibility index (Phi) is 4.96. The molecule has 0 aliphatic carbocycles. The molecule has 2 unspecified atom stereocenters. The summed E-state index contributed by atoms with van der Waals surface area (Å²) < 4.78 is 1.10. The Labute approximate surface area is 186 Å². The third-order valence-electron chi connectivity index (χ3n) is 6.05. The second-order valence-corrected chi connectivity index (χ2v) is 8.49. The Morgan fingerprint density at radius 2 is 1.91 bits per heavy atom. The molecule has 5 rings (SSSR count). The van der Waals surface area contributed by atoms with Gasteiger partial charge in [-0.15, -0.1) is 0 Å². The highest BCUT2D eigenvalue weighted by atomic mass is 35.5. The number of fused-ring (bicyclic) bond motifs is 2. The first-order chi connectivity index (χ1) is 15.3. The zero-order chi connectivity index (χ0) is 22.6. The van der Waals surface area contributed by atoms with Gasteiger partial charge < -0.3 is 10.1 Å². The molecular weight excluding hydrogens is 436 g/mol. The fourth-order valence-corrected chi connectivity index (χ4v) is 4.61. The lowest BCUT2D eigenvalue weighted by Crippen LogP contribution is -2.51. The summed E-state index contributed by atoms with van der Waals surface area (Å²) in [5.74, 6) is -0.728. The minimum atomic E-state index is -0.975.